The van der Waals surface area contributed by atoms with Crippen molar-refractivity contribution in [2.75, 3.05) is 0 Å². The molecule has 1 fully saturated rings. The van der Waals surface area contributed by atoms with Crippen molar-refractivity contribution < 1.29 is 14.3 Å². The van der Waals surface area contributed by atoms with Crippen molar-refractivity contribution in [3.05, 3.63) is 30.1 Å². The fourth-order valence-corrected chi connectivity index (χ4v) is 3.77. The van der Waals surface area contributed by atoms with Crippen molar-refractivity contribution >= 4 is 17.7 Å². The van der Waals surface area contributed by atoms with Gasteiger partial charge < -0.3 is 5.11 Å². The van der Waals surface area contributed by atoms with Gasteiger partial charge in [0.1, 0.15) is 5.82 Å². The van der Waals surface area contributed by atoms with E-state index in [1.54, 1.807) is 18.2 Å². The van der Waals surface area contributed by atoms with E-state index in [1.807, 2.05) is 0 Å². The maximum atomic E-state index is 13.6. The molecule has 1 aliphatic rings. The molecule has 2 atom stereocenters. The number of rotatable bonds is 3. The number of carboxylic acid groups (broad SMARTS) is 1. The molecule has 0 radical (unpaired) electrons. The Morgan fingerprint density at radius 1 is 1.22 bits per heavy atom. The first kappa shape index (κ1) is 13.4. The van der Waals surface area contributed by atoms with Gasteiger partial charge in [-0.3, -0.25) is 4.79 Å². The highest BCUT2D eigenvalue weighted by Gasteiger charge is 2.30. The van der Waals surface area contributed by atoms with E-state index in [0.29, 0.717) is 11.3 Å². The lowest BCUT2D eigenvalue weighted by Gasteiger charge is -2.21. The predicted octanol–water partition coefficient (Wildman–Crippen LogP) is 3.95. The Bertz CT molecular complexity index is 422. The molecule has 2 nitrogen and oxygen atoms in total. The van der Waals surface area contributed by atoms with Gasteiger partial charge >= 0.3 is 5.97 Å². The third-order valence-corrected chi connectivity index (χ3v) is 4.84. The minimum Gasteiger partial charge on any atom is -0.481 e. The monoisotopic (exact) mass is 268 g/mol. The Labute approximate surface area is 111 Å². The van der Waals surface area contributed by atoms with Crippen LogP contribution >= 0.6 is 11.8 Å². The van der Waals surface area contributed by atoms with Gasteiger partial charge in [0, 0.05) is 10.1 Å². The third-order valence-electron chi connectivity index (χ3n) is 3.38. The van der Waals surface area contributed by atoms with Crippen LogP contribution in [0.25, 0.3) is 0 Å². The molecule has 1 aromatic carbocycles. The number of thioether (sulfide) groups is 1. The van der Waals surface area contributed by atoms with Crippen LogP contribution < -0.4 is 0 Å². The molecule has 0 saturated heterocycles. The van der Waals surface area contributed by atoms with Crippen LogP contribution in [0.2, 0.25) is 0 Å². The minimum atomic E-state index is -0.745. The molecule has 0 heterocycles. The second-order valence-corrected chi connectivity index (χ2v) is 5.95. The van der Waals surface area contributed by atoms with Gasteiger partial charge in [-0.2, -0.15) is 0 Å². The summed E-state index contributed by atoms with van der Waals surface area (Å²) >= 11 is 1.39. The highest BCUT2D eigenvalue weighted by Crippen LogP contribution is 2.37. The number of benzene rings is 1. The highest BCUT2D eigenvalue weighted by atomic mass is 32.2. The van der Waals surface area contributed by atoms with Crippen LogP contribution in [0.5, 0.6) is 0 Å². The molecule has 1 saturated carbocycles. The van der Waals surface area contributed by atoms with E-state index in [1.165, 1.54) is 17.8 Å². The molecule has 2 unspecified atom stereocenters. The van der Waals surface area contributed by atoms with Crippen LogP contribution in [-0.2, 0) is 4.79 Å². The van der Waals surface area contributed by atoms with Crippen molar-refractivity contribution in [1.29, 1.82) is 0 Å². The van der Waals surface area contributed by atoms with Crippen LogP contribution in [0.15, 0.2) is 29.2 Å². The minimum absolute atomic E-state index is 0.0121. The van der Waals surface area contributed by atoms with Crippen molar-refractivity contribution in [2.24, 2.45) is 5.92 Å². The predicted molar refractivity (Wildman–Crippen MR) is 70.3 cm³/mol. The van der Waals surface area contributed by atoms with E-state index in [-0.39, 0.29) is 17.0 Å². The number of carbonyl (C=O) groups is 1. The van der Waals surface area contributed by atoms with Gasteiger partial charge in [0.2, 0.25) is 0 Å². The van der Waals surface area contributed by atoms with Gasteiger partial charge in [0.05, 0.1) is 5.92 Å². The van der Waals surface area contributed by atoms with Crippen molar-refractivity contribution in [1.82, 2.24) is 0 Å². The molecule has 0 aliphatic heterocycles. The molecule has 4 heteroatoms. The number of hydrogen-bond acceptors (Lipinski definition) is 2. The van der Waals surface area contributed by atoms with Gasteiger partial charge in [-0.05, 0) is 25.0 Å². The molecule has 0 spiro atoms. The maximum Gasteiger partial charge on any atom is 0.307 e. The first-order valence-electron chi connectivity index (χ1n) is 6.32. The molecule has 0 amide bonds. The van der Waals surface area contributed by atoms with Gasteiger partial charge in [-0.1, -0.05) is 31.4 Å². The number of aliphatic carboxylic acids is 1. The molecule has 1 aromatic rings. The summed E-state index contributed by atoms with van der Waals surface area (Å²) in [6.45, 7) is 0. The quantitative estimate of drug-likeness (QED) is 0.843. The highest BCUT2D eigenvalue weighted by molar-refractivity contribution is 8.00. The average molecular weight is 268 g/mol. The van der Waals surface area contributed by atoms with E-state index < -0.39 is 5.97 Å². The normalized spacial score (nSPS) is 24.5. The van der Waals surface area contributed by atoms with Crippen LogP contribution in [0.4, 0.5) is 4.39 Å². The van der Waals surface area contributed by atoms with Gasteiger partial charge in [0.15, 0.2) is 0 Å². The first-order valence-corrected chi connectivity index (χ1v) is 7.20. The van der Waals surface area contributed by atoms with Gasteiger partial charge in [-0.15, -0.1) is 11.8 Å². The molecule has 0 bridgehead atoms. The zero-order chi connectivity index (χ0) is 13.0. The van der Waals surface area contributed by atoms with Crippen LogP contribution in [0, 0.1) is 11.7 Å². The van der Waals surface area contributed by atoms with Gasteiger partial charge in [-0.25, -0.2) is 4.39 Å². The van der Waals surface area contributed by atoms with Crippen LogP contribution in [0.3, 0.4) is 0 Å². The average Bonchev–Trinajstić information content (AvgIpc) is 2.57. The summed E-state index contributed by atoms with van der Waals surface area (Å²) in [7, 11) is 0. The zero-order valence-electron chi connectivity index (χ0n) is 10.1. The fraction of sp³-hybridized carbons (Fsp3) is 0.500. The van der Waals surface area contributed by atoms with Crippen molar-refractivity contribution in [3.8, 4) is 0 Å². The molecule has 98 valence electrons. The van der Waals surface area contributed by atoms with Crippen LogP contribution in [0.1, 0.15) is 32.1 Å². The zero-order valence-corrected chi connectivity index (χ0v) is 11.0. The standard InChI is InChI=1S/C14H17FO2S/c15-11-7-4-5-9-13(11)18-12-8-3-1-2-6-10(12)14(16)17/h4-5,7,9-10,12H,1-3,6,8H2,(H,16,17). The number of carboxylic acids is 1. The Balaban J connectivity index is 2.14. The Hall–Kier alpha value is -1.03. The van der Waals surface area contributed by atoms with E-state index in [0.717, 1.165) is 25.7 Å². The van der Waals surface area contributed by atoms with E-state index >= 15 is 0 Å². The van der Waals surface area contributed by atoms with Crippen molar-refractivity contribution in [2.45, 2.75) is 42.2 Å². The summed E-state index contributed by atoms with van der Waals surface area (Å²) in [6, 6.07) is 6.59. The lowest BCUT2D eigenvalue weighted by molar-refractivity contribution is -0.141. The summed E-state index contributed by atoms with van der Waals surface area (Å²) in [5.41, 5.74) is 0. The molecule has 2 rings (SSSR count). The molecular formula is C14H17FO2S. The summed E-state index contributed by atoms with van der Waals surface area (Å²) in [5.74, 6) is -1.35. The van der Waals surface area contributed by atoms with E-state index in [4.69, 9.17) is 0 Å². The summed E-state index contributed by atoms with van der Waals surface area (Å²) in [4.78, 5) is 11.9. The van der Waals surface area contributed by atoms with E-state index in [9.17, 15) is 14.3 Å². The maximum absolute atomic E-state index is 13.6. The Morgan fingerprint density at radius 3 is 2.67 bits per heavy atom. The molecule has 1 N–H and O–H groups in total. The Kier molecular flexibility index (Phi) is 4.64. The third kappa shape index (κ3) is 3.25. The number of hydrogen-bond donors (Lipinski definition) is 1. The second kappa shape index (κ2) is 6.23. The smallest absolute Gasteiger partial charge is 0.307 e. The first-order chi connectivity index (χ1) is 8.68. The van der Waals surface area contributed by atoms with E-state index in [2.05, 4.69) is 0 Å². The molecular weight excluding hydrogens is 251 g/mol. The van der Waals surface area contributed by atoms with Crippen LogP contribution in [-0.4, -0.2) is 16.3 Å². The second-order valence-electron chi connectivity index (χ2n) is 4.67. The SMILES string of the molecule is O=C(O)C1CCCCCC1Sc1ccccc1F. The summed E-state index contributed by atoms with van der Waals surface area (Å²) in [5, 5.41) is 9.26. The fourth-order valence-electron chi connectivity index (χ4n) is 2.40. The lowest BCUT2D eigenvalue weighted by Crippen LogP contribution is -2.24. The van der Waals surface area contributed by atoms with Crippen molar-refractivity contribution in [3.63, 3.8) is 0 Å². The molecule has 18 heavy (non-hydrogen) atoms. The molecule has 0 aromatic heterocycles. The largest absolute Gasteiger partial charge is 0.481 e. The lowest BCUT2D eigenvalue weighted by atomic mass is 10.0. The number of halogens is 1. The summed E-state index contributed by atoms with van der Waals surface area (Å²) < 4.78 is 13.6. The Morgan fingerprint density at radius 2 is 1.94 bits per heavy atom. The summed E-state index contributed by atoms with van der Waals surface area (Å²) in [6.07, 6.45) is 4.65. The topological polar surface area (TPSA) is 37.3 Å². The van der Waals surface area contributed by atoms with Gasteiger partial charge in [0.25, 0.3) is 0 Å². The molecule has 1 aliphatic carbocycles.